The molecular weight excluding hydrogens is 358 g/mol. The monoisotopic (exact) mass is 381 g/mol. The van der Waals surface area contributed by atoms with Crippen molar-refractivity contribution >= 4 is 17.7 Å². The van der Waals surface area contributed by atoms with Crippen LogP contribution in [0.2, 0.25) is 0 Å². The molecule has 0 unspecified atom stereocenters. The van der Waals surface area contributed by atoms with Crippen molar-refractivity contribution in [1.82, 2.24) is 14.9 Å². The SMILES string of the molecule is COc1cccc(CNC(=O)CSc2nccn2-c2ccc(C)c(C)c2)c1. The van der Waals surface area contributed by atoms with E-state index < -0.39 is 0 Å². The van der Waals surface area contributed by atoms with Gasteiger partial charge in [0.2, 0.25) is 5.91 Å². The van der Waals surface area contributed by atoms with Crippen LogP contribution in [0.25, 0.3) is 5.69 Å². The second-order valence-corrected chi connectivity index (χ2v) is 7.21. The molecule has 0 radical (unpaired) electrons. The largest absolute Gasteiger partial charge is 0.497 e. The normalized spacial score (nSPS) is 10.6. The van der Waals surface area contributed by atoms with Crippen molar-refractivity contribution in [1.29, 1.82) is 0 Å². The molecule has 6 heteroatoms. The standard InChI is InChI=1S/C21H23N3O2S/c1-15-7-8-18(11-16(15)2)24-10-9-22-21(24)27-14-20(25)23-13-17-5-4-6-19(12-17)26-3/h4-12H,13-14H2,1-3H3,(H,23,25). The van der Waals surface area contributed by atoms with Gasteiger partial charge in [0.05, 0.1) is 12.9 Å². The number of methoxy groups -OCH3 is 1. The Hall–Kier alpha value is -2.73. The van der Waals surface area contributed by atoms with Crippen LogP contribution in [0.15, 0.2) is 60.0 Å². The zero-order valence-corrected chi connectivity index (χ0v) is 16.5. The molecule has 0 bridgehead atoms. The molecule has 0 saturated heterocycles. The lowest BCUT2D eigenvalue weighted by Crippen LogP contribution is -2.24. The Balaban J connectivity index is 1.58. The Morgan fingerprint density at radius 1 is 1.19 bits per heavy atom. The third-order valence-electron chi connectivity index (χ3n) is 4.33. The lowest BCUT2D eigenvalue weighted by molar-refractivity contribution is -0.118. The van der Waals surface area contributed by atoms with Crippen LogP contribution in [-0.4, -0.2) is 28.3 Å². The second kappa shape index (κ2) is 8.77. The van der Waals surface area contributed by atoms with Crippen LogP contribution >= 0.6 is 11.8 Å². The van der Waals surface area contributed by atoms with Crippen molar-refractivity contribution < 1.29 is 9.53 Å². The van der Waals surface area contributed by atoms with Gasteiger partial charge in [0.15, 0.2) is 5.16 Å². The maximum absolute atomic E-state index is 12.2. The van der Waals surface area contributed by atoms with E-state index in [1.54, 1.807) is 13.3 Å². The summed E-state index contributed by atoms with van der Waals surface area (Å²) < 4.78 is 7.21. The highest BCUT2D eigenvalue weighted by atomic mass is 32.2. The summed E-state index contributed by atoms with van der Waals surface area (Å²) in [6.45, 7) is 4.66. The fourth-order valence-electron chi connectivity index (χ4n) is 2.63. The number of nitrogens with zero attached hydrogens (tertiary/aromatic N) is 2. The predicted octanol–water partition coefficient (Wildman–Crippen LogP) is 3.91. The quantitative estimate of drug-likeness (QED) is 0.631. The van der Waals surface area contributed by atoms with E-state index in [1.165, 1.54) is 22.9 Å². The Labute approximate surface area is 163 Å². The van der Waals surface area contributed by atoms with Crippen LogP contribution in [0.3, 0.4) is 0 Å². The third-order valence-corrected chi connectivity index (χ3v) is 5.30. The summed E-state index contributed by atoms with van der Waals surface area (Å²) >= 11 is 1.42. The van der Waals surface area contributed by atoms with E-state index in [9.17, 15) is 4.79 Å². The van der Waals surface area contributed by atoms with Crippen molar-refractivity contribution in [3.05, 3.63) is 71.5 Å². The molecule has 3 rings (SSSR count). The molecule has 2 aromatic carbocycles. The molecule has 0 fully saturated rings. The first kappa shape index (κ1) is 19.0. The molecule has 0 aliphatic heterocycles. The highest BCUT2D eigenvalue weighted by Crippen LogP contribution is 2.22. The van der Waals surface area contributed by atoms with Crippen LogP contribution in [-0.2, 0) is 11.3 Å². The van der Waals surface area contributed by atoms with E-state index in [0.29, 0.717) is 12.3 Å². The highest BCUT2D eigenvalue weighted by Gasteiger charge is 2.10. The summed E-state index contributed by atoms with van der Waals surface area (Å²) in [5, 5.41) is 3.74. The van der Waals surface area contributed by atoms with E-state index in [4.69, 9.17) is 4.74 Å². The first-order chi connectivity index (χ1) is 13.1. The number of carbonyl (C=O) groups is 1. The Bertz CT molecular complexity index is 937. The van der Waals surface area contributed by atoms with Gasteiger partial charge < -0.3 is 10.1 Å². The van der Waals surface area contributed by atoms with Crippen molar-refractivity contribution in [2.75, 3.05) is 12.9 Å². The predicted molar refractivity (Wildman–Crippen MR) is 109 cm³/mol. The van der Waals surface area contributed by atoms with Gasteiger partial charge in [-0.3, -0.25) is 9.36 Å². The number of hydrogen-bond donors (Lipinski definition) is 1. The minimum absolute atomic E-state index is 0.0301. The van der Waals surface area contributed by atoms with Gasteiger partial charge in [0.1, 0.15) is 5.75 Å². The molecule has 0 saturated carbocycles. The number of aromatic nitrogens is 2. The summed E-state index contributed by atoms with van der Waals surface area (Å²) in [6.07, 6.45) is 3.67. The number of carbonyl (C=O) groups excluding carboxylic acids is 1. The molecule has 1 heterocycles. The number of nitrogens with one attached hydrogen (secondary N) is 1. The lowest BCUT2D eigenvalue weighted by atomic mass is 10.1. The second-order valence-electron chi connectivity index (χ2n) is 6.27. The summed E-state index contributed by atoms with van der Waals surface area (Å²) in [6, 6.07) is 14.0. The van der Waals surface area contributed by atoms with Gasteiger partial charge in [-0.2, -0.15) is 0 Å². The molecule has 5 nitrogen and oxygen atoms in total. The molecule has 27 heavy (non-hydrogen) atoms. The number of amides is 1. The van der Waals surface area contributed by atoms with Crippen LogP contribution < -0.4 is 10.1 Å². The number of hydrogen-bond acceptors (Lipinski definition) is 4. The van der Waals surface area contributed by atoms with Gasteiger partial charge in [-0.15, -0.1) is 0 Å². The summed E-state index contributed by atoms with van der Waals surface area (Å²) in [4.78, 5) is 16.6. The molecule has 1 N–H and O–H groups in total. The molecule has 140 valence electrons. The van der Waals surface area contributed by atoms with Crippen LogP contribution in [0, 0.1) is 13.8 Å². The van der Waals surface area contributed by atoms with E-state index >= 15 is 0 Å². The van der Waals surface area contributed by atoms with Crippen molar-refractivity contribution in [3.8, 4) is 11.4 Å². The van der Waals surface area contributed by atoms with Gasteiger partial charge in [-0.25, -0.2) is 4.98 Å². The topological polar surface area (TPSA) is 56.1 Å². The molecule has 0 atom stereocenters. The summed E-state index contributed by atoms with van der Waals surface area (Å²) in [5.41, 5.74) is 4.54. The van der Waals surface area contributed by atoms with E-state index in [1.807, 2.05) is 35.0 Å². The molecular formula is C21H23N3O2S. The number of thioether (sulfide) groups is 1. The highest BCUT2D eigenvalue weighted by molar-refractivity contribution is 7.99. The zero-order chi connectivity index (χ0) is 19.2. The number of imidazole rings is 1. The number of benzene rings is 2. The van der Waals surface area contributed by atoms with Gasteiger partial charge in [0, 0.05) is 24.6 Å². The molecule has 1 aromatic heterocycles. The molecule has 0 aliphatic rings. The first-order valence-corrected chi connectivity index (χ1v) is 9.69. The minimum Gasteiger partial charge on any atom is -0.497 e. The average molecular weight is 382 g/mol. The number of rotatable bonds is 7. The van der Waals surface area contributed by atoms with Crippen molar-refractivity contribution in [3.63, 3.8) is 0 Å². The van der Waals surface area contributed by atoms with E-state index in [0.717, 1.165) is 22.2 Å². The van der Waals surface area contributed by atoms with Crippen LogP contribution in [0.5, 0.6) is 5.75 Å². The fourth-order valence-corrected chi connectivity index (χ4v) is 3.44. The summed E-state index contributed by atoms with van der Waals surface area (Å²) in [5.74, 6) is 1.07. The molecule has 1 amide bonds. The van der Waals surface area contributed by atoms with Gasteiger partial charge in [-0.1, -0.05) is 30.0 Å². The maximum atomic E-state index is 12.2. The average Bonchev–Trinajstić information content (AvgIpc) is 3.15. The lowest BCUT2D eigenvalue weighted by Gasteiger charge is -2.10. The number of ether oxygens (including phenoxy) is 1. The Morgan fingerprint density at radius 3 is 2.81 bits per heavy atom. The first-order valence-electron chi connectivity index (χ1n) is 8.70. The molecule has 0 spiro atoms. The third kappa shape index (κ3) is 4.92. The van der Waals surface area contributed by atoms with Crippen molar-refractivity contribution in [2.45, 2.75) is 25.5 Å². The smallest absolute Gasteiger partial charge is 0.230 e. The van der Waals surface area contributed by atoms with Gasteiger partial charge in [0.25, 0.3) is 0 Å². The Morgan fingerprint density at radius 2 is 2.04 bits per heavy atom. The van der Waals surface area contributed by atoms with E-state index in [2.05, 4.69) is 42.3 Å². The number of aryl methyl sites for hydroxylation is 2. The van der Waals surface area contributed by atoms with Gasteiger partial charge in [-0.05, 0) is 54.8 Å². The van der Waals surface area contributed by atoms with Crippen LogP contribution in [0.1, 0.15) is 16.7 Å². The summed E-state index contributed by atoms with van der Waals surface area (Å²) in [7, 11) is 1.63. The van der Waals surface area contributed by atoms with Gasteiger partial charge >= 0.3 is 0 Å². The molecule has 0 aliphatic carbocycles. The zero-order valence-electron chi connectivity index (χ0n) is 15.7. The molecule has 3 aromatic rings. The van der Waals surface area contributed by atoms with Crippen LogP contribution in [0.4, 0.5) is 0 Å². The Kier molecular flexibility index (Phi) is 6.19. The fraction of sp³-hybridized carbons (Fsp3) is 0.238. The maximum Gasteiger partial charge on any atom is 0.230 e. The van der Waals surface area contributed by atoms with E-state index in [-0.39, 0.29) is 5.91 Å². The minimum atomic E-state index is -0.0301. The van der Waals surface area contributed by atoms with Crippen molar-refractivity contribution in [2.24, 2.45) is 0 Å².